The van der Waals surface area contributed by atoms with E-state index in [2.05, 4.69) is 36.4 Å². The van der Waals surface area contributed by atoms with Gasteiger partial charge in [-0.15, -0.1) is 58.8 Å². The lowest BCUT2D eigenvalue weighted by atomic mass is 10.0. The number of nitrogen functional groups attached to an aromatic ring is 1. The van der Waals surface area contributed by atoms with Gasteiger partial charge < -0.3 is 21.1 Å². The zero-order chi connectivity index (χ0) is 75.3. The highest BCUT2D eigenvalue weighted by Crippen LogP contribution is 2.31. The number of Topliss-reactive ketones (excluding diaryl/α,β-unsaturated/α-hetero) is 5. The van der Waals surface area contributed by atoms with E-state index in [-0.39, 0.29) is 40.4 Å². The Morgan fingerprint density at radius 2 is 0.543 bits per heavy atom. The van der Waals surface area contributed by atoms with Crippen molar-refractivity contribution >= 4 is 128 Å². The third-order valence-corrected chi connectivity index (χ3v) is 23.3. The molecule has 105 heavy (non-hydrogen) atoms. The van der Waals surface area contributed by atoms with Crippen molar-refractivity contribution in [3.8, 4) is 17.2 Å². The van der Waals surface area contributed by atoms with Crippen LogP contribution in [0.4, 0.5) is 5.69 Å². The second-order valence-corrected chi connectivity index (χ2v) is 31.8. The number of anilines is 1. The summed E-state index contributed by atoms with van der Waals surface area (Å²) in [6.07, 6.45) is 18.6. The first-order valence-electron chi connectivity index (χ1n) is 36.3. The predicted octanol–water partition coefficient (Wildman–Crippen LogP) is 24.8. The third-order valence-electron chi connectivity index (χ3n) is 16.3. The molecule has 9 aromatic rings. The highest BCUT2D eigenvalue weighted by atomic mass is 35.5. The minimum Gasteiger partial charge on any atom is -0.508 e. The lowest BCUT2D eigenvalue weighted by Gasteiger charge is -2.05. The Balaban J connectivity index is 0.000000237. The maximum atomic E-state index is 12.0. The molecule has 558 valence electrons. The fourth-order valence-electron chi connectivity index (χ4n) is 10.4. The number of carbonyl (C=O) groups is 5. The van der Waals surface area contributed by atoms with Crippen LogP contribution in [0, 0.1) is 0 Å². The number of nitrogens with two attached hydrogens (primary N) is 1. The molecule has 0 saturated carbocycles. The first kappa shape index (κ1) is 88.8. The largest absolute Gasteiger partial charge is 0.508 e. The first-order valence-corrected chi connectivity index (χ1v) is 42.3. The summed E-state index contributed by atoms with van der Waals surface area (Å²) in [6, 6.07) is 73.0. The van der Waals surface area contributed by atoms with Gasteiger partial charge in [0.1, 0.15) is 46.2 Å². The number of ketones is 5. The zero-order valence-electron chi connectivity index (χ0n) is 60.4. The molecule has 5 N–H and O–H groups in total. The van der Waals surface area contributed by atoms with Crippen molar-refractivity contribution in [2.45, 2.75) is 179 Å². The number of rotatable bonds is 42. The average Bonchev–Trinajstić information content (AvgIpc) is 1.03. The molecule has 0 atom stereocenters. The van der Waals surface area contributed by atoms with Crippen molar-refractivity contribution < 1.29 is 39.3 Å². The fourth-order valence-corrected chi connectivity index (χ4v) is 15.9. The lowest BCUT2D eigenvalue weighted by molar-refractivity contribution is -0.119. The van der Waals surface area contributed by atoms with Crippen LogP contribution in [0.3, 0.4) is 0 Å². The quantitative estimate of drug-likeness (QED) is 0.0162. The number of benzene rings is 9. The average molecular weight is 1570 g/mol. The molecule has 17 heteroatoms. The standard InChI is InChI=1S/C19H22ClNOS.C19H21ClO2S.C19H22O2S.C17H18O2S.C14H19ClOS/c20-17-10-4-6-12-19(17)23-13-7-1-2-9-16(22)14-15-8-3-5-11-18(15)21;20-17-10-4-6-12-19(17)23-13-7-1-2-9-16(21)14-15-8-3-5-11-18(15)22;20-17(15-16-9-6-7-13-19(16)21)10-3-2-8-14-22-18-11-4-1-5-12-18;18-15(13-14-7-4-5-11-17(14)19)8-6-12-20-16-9-2-1-3-10-16;1-2-12(16)8-4-3-7-11-17-14-10-6-5-9-13(14)15/h3-6,8,10-12H,1-2,7,9,13-14,21H2;3-6,8,10-12,22H,1-2,7,9,13-14H2;1,4-7,9,11-13,21H,2-3,8,10,14-15H2;1-5,7,9-11,19H,6,8,12-13H2;5-6,9-10H,2-4,7-8,11H2,1H3. The van der Waals surface area contributed by atoms with Crippen LogP contribution < -0.4 is 5.73 Å². The number of hydrogen-bond acceptors (Lipinski definition) is 14. The predicted molar refractivity (Wildman–Crippen MR) is 449 cm³/mol. The van der Waals surface area contributed by atoms with Crippen molar-refractivity contribution in [3.05, 3.63) is 268 Å². The Morgan fingerprint density at radius 3 is 0.867 bits per heavy atom. The van der Waals surface area contributed by atoms with Gasteiger partial charge in [0.25, 0.3) is 0 Å². The molecule has 0 fully saturated rings. The number of halogens is 3. The number of phenols is 3. The van der Waals surface area contributed by atoms with Crippen molar-refractivity contribution in [2.75, 3.05) is 34.5 Å². The van der Waals surface area contributed by atoms with E-state index in [1.54, 1.807) is 95.6 Å². The molecule has 0 radical (unpaired) electrons. The molecule has 0 aliphatic carbocycles. The third kappa shape index (κ3) is 40.6. The summed E-state index contributed by atoms with van der Waals surface area (Å²) in [6.45, 7) is 1.93. The molecule has 0 saturated heterocycles. The molecule has 0 aromatic heterocycles. The van der Waals surface area contributed by atoms with Crippen LogP contribution in [0.15, 0.2) is 255 Å². The number of thioether (sulfide) groups is 5. The van der Waals surface area contributed by atoms with E-state index < -0.39 is 0 Å². The maximum absolute atomic E-state index is 12.0. The van der Waals surface area contributed by atoms with Gasteiger partial charge in [-0.05, 0) is 177 Å². The minimum atomic E-state index is 0.181. The monoisotopic (exact) mass is 1570 g/mol. The van der Waals surface area contributed by atoms with E-state index in [0.717, 1.165) is 160 Å². The number of unbranched alkanes of at least 4 members (excludes halogenated alkanes) is 8. The Morgan fingerprint density at radius 1 is 0.286 bits per heavy atom. The summed E-state index contributed by atoms with van der Waals surface area (Å²) in [5, 5.41) is 31.4. The van der Waals surface area contributed by atoms with Crippen LogP contribution in [0.5, 0.6) is 17.2 Å². The van der Waals surface area contributed by atoms with Crippen LogP contribution in [0.2, 0.25) is 15.1 Å². The van der Waals surface area contributed by atoms with E-state index in [1.165, 1.54) is 9.79 Å². The molecule has 9 nitrogen and oxygen atoms in total. The number of para-hydroxylation sites is 4. The molecule has 0 amide bonds. The lowest BCUT2D eigenvalue weighted by Crippen LogP contribution is -2.05. The molecule has 0 heterocycles. The zero-order valence-corrected chi connectivity index (χ0v) is 66.7. The molecule has 0 aliphatic heterocycles. The summed E-state index contributed by atoms with van der Waals surface area (Å²) in [5.41, 5.74) is 9.67. The van der Waals surface area contributed by atoms with Crippen LogP contribution in [-0.2, 0) is 49.7 Å². The van der Waals surface area contributed by atoms with Gasteiger partial charge in [0.15, 0.2) is 0 Å². The number of phenolic OH excluding ortho intramolecular Hbond substituents is 3. The topological polar surface area (TPSA) is 172 Å². The molecular weight excluding hydrogens is 1470 g/mol. The van der Waals surface area contributed by atoms with Crippen molar-refractivity contribution in [2.24, 2.45) is 0 Å². The van der Waals surface area contributed by atoms with Crippen molar-refractivity contribution in [3.63, 3.8) is 0 Å². The maximum Gasteiger partial charge on any atom is 0.137 e. The highest BCUT2D eigenvalue weighted by Gasteiger charge is 2.12. The van der Waals surface area contributed by atoms with Gasteiger partial charge >= 0.3 is 0 Å². The molecule has 0 spiro atoms. The van der Waals surface area contributed by atoms with E-state index in [9.17, 15) is 39.3 Å². The Bertz CT molecular complexity index is 3830. The van der Waals surface area contributed by atoms with Crippen LogP contribution in [0.1, 0.15) is 151 Å². The SMILES string of the molecule is CCC(=O)CCCCCSc1ccccc1Cl.Nc1ccccc1CC(=O)CCCCCSc1ccccc1Cl.O=C(CCCCCSc1ccccc1)Cc1ccccc1O.O=C(CCCCCSc1ccccc1Cl)Cc1ccccc1O.O=C(CCCSc1ccccc1)Cc1ccccc1O. The van der Waals surface area contributed by atoms with E-state index in [0.29, 0.717) is 80.4 Å². The van der Waals surface area contributed by atoms with Gasteiger partial charge in [0, 0.05) is 111 Å². The summed E-state index contributed by atoms with van der Waals surface area (Å²) < 4.78 is 0. The van der Waals surface area contributed by atoms with Crippen LogP contribution in [-0.4, -0.2) is 73.0 Å². The second-order valence-electron chi connectivity index (χ2n) is 24.8. The summed E-state index contributed by atoms with van der Waals surface area (Å²) in [7, 11) is 0. The summed E-state index contributed by atoms with van der Waals surface area (Å²) in [4.78, 5) is 64.7. The Kier molecular flexibility index (Phi) is 47.0. The van der Waals surface area contributed by atoms with Gasteiger partial charge in [-0.1, -0.05) is 213 Å². The summed E-state index contributed by atoms with van der Waals surface area (Å²) in [5.74, 6) is 7.00. The number of carbonyl (C=O) groups excluding carboxylic acids is 5. The molecular formula is C88H102Cl3NO8S5. The van der Waals surface area contributed by atoms with E-state index >= 15 is 0 Å². The molecule has 9 aromatic carbocycles. The first-order chi connectivity index (χ1) is 51.1. The fraction of sp³-hybridized carbons (Fsp3) is 0.330. The number of aromatic hydroxyl groups is 3. The minimum absolute atomic E-state index is 0.181. The van der Waals surface area contributed by atoms with Crippen molar-refractivity contribution in [1.82, 2.24) is 0 Å². The smallest absolute Gasteiger partial charge is 0.137 e. The second kappa shape index (κ2) is 55.6. The van der Waals surface area contributed by atoms with E-state index in [4.69, 9.17) is 40.5 Å². The van der Waals surface area contributed by atoms with Gasteiger partial charge in [-0.2, -0.15) is 0 Å². The molecule has 0 aliphatic rings. The molecule has 0 unspecified atom stereocenters. The van der Waals surface area contributed by atoms with Crippen molar-refractivity contribution in [1.29, 1.82) is 0 Å². The molecule has 9 rings (SSSR count). The van der Waals surface area contributed by atoms with E-state index in [1.807, 2.05) is 164 Å². The van der Waals surface area contributed by atoms with Crippen LogP contribution in [0.25, 0.3) is 0 Å². The Hall–Kier alpha value is -6.85. The molecule has 0 bridgehead atoms. The number of hydrogen-bond donors (Lipinski definition) is 4. The Labute approximate surface area is 660 Å². The van der Waals surface area contributed by atoms with Gasteiger partial charge in [-0.25, -0.2) is 0 Å². The summed E-state index contributed by atoms with van der Waals surface area (Å²) >= 11 is 27.3. The van der Waals surface area contributed by atoms with Gasteiger partial charge in [0.2, 0.25) is 0 Å². The van der Waals surface area contributed by atoms with Gasteiger partial charge in [-0.3, -0.25) is 24.0 Å². The highest BCUT2D eigenvalue weighted by molar-refractivity contribution is 8.00. The van der Waals surface area contributed by atoms with Gasteiger partial charge in [0.05, 0.1) is 15.1 Å². The van der Waals surface area contributed by atoms with Crippen LogP contribution >= 0.6 is 93.6 Å². The normalized spacial score (nSPS) is 10.6.